The van der Waals surface area contributed by atoms with Crippen molar-refractivity contribution in [3.05, 3.63) is 21.9 Å². The van der Waals surface area contributed by atoms with Crippen molar-refractivity contribution in [2.24, 2.45) is 5.92 Å². The highest BCUT2D eigenvalue weighted by atomic mass is 32.1. The highest BCUT2D eigenvalue weighted by Gasteiger charge is 2.18. The average Bonchev–Trinajstić information content (AvgIpc) is 2.75. The molecule has 0 amide bonds. The van der Waals surface area contributed by atoms with Crippen LogP contribution >= 0.6 is 11.3 Å². The fraction of sp³-hybridized carbons (Fsp3) is 0.706. The van der Waals surface area contributed by atoms with E-state index in [0.717, 1.165) is 17.3 Å². The van der Waals surface area contributed by atoms with E-state index in [1.165, 1.54) is 50.5 Å². The number of methoxy groups -OCH3 is 1. The number of rotatable bonds is 6. The average molecular weight is 309 g/mol. The maximum atomic E-state index is 11.3. The molecule has 1 fully saturated rings. The van der Waals surface area contributed by atoms with E-state index in [-0.39, 0.29) is 5.97 Å². The predicted molar refractivity (Wildman–Crippen MR) is 87.5 cm³/mol. The van der Waals surface area contributed by atoms with E-state index in [0.29, 0.717) is 12.5 Å². The Kier molecular flexibility index (Phi) is 6.71. The van der Waals surface area contributed by atoms with Gasteiger partial charge in [-0.05, 0) is 37.8 Å². The first kappa shape index (κ1) is 16.5. The fourth-order valence-electron chi connectivity index (χ4n) is 3.07. The maximum Gasteiger partial charge on any atom is 0.310 e. The molecule has 0 spiro atoms. The highest BCUT2D eigenvalue weighted by Crippen LogP contribution is 2.26. The molecule has 1 aliphatic rings. The van der Waals surface area contributed by atoms with Gasteiger partial charge in [0.1, 0.15) is 0 Å². The molecule has 1 saturated carbocycles. The van der Waals surface area contributed by atoms with Crippen molar-refractivity contribution in [3.63, 3.8) is 0 Å². The third kappa shape index (κ3) is 5.44. The summed E-state index contributed by atoms with van der Waals surface area (Å²) >= 11 is 1.71. The second kappa shape index (κ2) is 8.54. The van der Waals surface area contributed by atoms with Crippen LogP contribution in [0.2, 0.25) is 0 Å². The van der Waals surface area contributed by atoms with Gasteiger partial charge in [-0.25, -0.2) is 0 Å². The lowest BCUT2D eigenvalue weighted by Crippen LogP contribution is -2.32. The van der Waals surface area contributed by atoms with Crippen LogP contribution in [0.15, 0.2) is 12.1 Å². The van der Waals surface area contributed by atoms with Gasteiger partial charge < -0.3 is 10.1 Å². The summed E-state index contributed by atoms with van der Waals surface area (Å²) in [6.45, 7) is 3.22. The summed E-state index contributed by atoms with van der Waals surface area (Å²) in [6, 6.07) is 4.74. The fourth-order valence-corrected chi connectivity index (χ4v) is 4.02. The van der Waals surface area contributed by atoms with Crippen LogP contribution in [0, 0.1) is 5.92 Å². The zero-order valence-electron chi connectivity index (χ0n) is 13.2. The molecule has 3 nitrogen and oxygen atoms in total. The largest absolute Gasteiger partial charge is 0.469 e. The van der Waals surface area contributed by atoms with E-state index in [1.54, 1.807) is 11.3 Å². The molecule has 1 aliphatic carbocycles. The molecular formula is C17H27NO2S. The van der Waals surface area contributed by atoms with Gasteiger partial charge in [-0.2, -0.15) is 0 Å². The van der Waals surface area contributed by atoms with E-state index < -0.39 is 0 Å². The Hall–Kier alpha value is -0.870. The summed E-state index contributed by atoms with van der Waals surface area (Å²) in [5, 5.41) is 3.67. The van der Waals surface area contributed by atoms with E-state index in [2.05, 4.69) is 18.3 Å². The second-order valence-electron chi connectivity index (χ2n) is 6.04. The number of carbonyl (C=O) groups is 1. The topological polar surface area (TPSA) is 38.3 Å². The van der Waals surface area contributed by atoms with Crippen molar-refractivity contribution in [2.75, 3.05) is 7.11 Å². The minimum atomic E-state index is -0.164. The third-order valence-electron chi connectivity index (χ3n) is 4.47. The van der Waals surface area contributed by atoms with E-state index in [1.807, 2.05) is 6.07 Å². The molecule has 1 aromatic rings. The van der Waals surface area contributed by atoms with Crippen LogP contribution in [-0.2, 0) is 22.5 Å². The summed E-state index contributed by atoms with van der Waals surface area (Å²) in [6.07, 6.45) is 8.71. The van der Waals surface area contributed by atoms with Gasteiger partial charge in [0.2, 0.25) is 0 Å². The Bertz CT molecular complexity index is 436. The molecule has 0 saturated heterocycles. The smallest absolute Gasteiger partial charge is 0.310 e. The Morgan fingerprint density at radius 2 is 1.95 bits per heavy atom. The summed E-state index contributed by atoms with van der Waals surface area (Å²) in [5.74, 6) is 0.658. The third-order valence-corrected chi connectivity index (χ3v) is 5.55. The number of esters is 1. The summed E-state index contributed by atoms with van der Waals surface area (Å²) in [4.78, 5) is 13.6. The van der Waals surface area contributed by atoms with Crippen molar-refractivity contribution in [1.29, 1.82) is 0 Å². The molecule has 0 radical (unpaired) electrons. The Balaban J connectivity index is 1.78. The highest BCUT2D eigenvalue weighted by molar-refractivity contribution is 7.12. The lowest BCUT2D eigenvalue weighted by molar-refractivity contribution is -0.139. The number of hydrogen-bond acceptors (Lipinski definition) is 4. The Morgan fingerprint density at radius 3 is 2.62 bits per heavy atom. The number of nitrogens with one attached hydrogen (secondary N) is 1. The van der Waals surface area contributed by atoms with Gasteiger partial charge >= 0.3 is 5.97 Å². The summed E-state index contributed by atoms with van der Waals surface area (Å²) in [7, 11) is 1.44. The van der Waals surface area contributed by atoms with E-state index >= 15 is 0 Å². The number of carbonyl (C=O) groups excluding carboxylic acids is 1. The monoisotopic (exact) mass is 309 g/mol. The summed E-state index contributed by atoms with van der Waals surface area (Å²) < 4.78 is 4.70. The normalized spacial score (nSPS) is 18.2. The molecule has 2 rings (SSSR count). The van der Waals surface area contributed by atoms with Gasteiger partial charge in [-0.1, -0.05) is 25.7 Å². The number of ether oxygens (including phenoxy) is 1. The van der Waals surface area contributed by atoms with Crippen molar-refractivity contribution >= 4 is 17.3 Å². The molecule has 0 aromatic carbocycles. The lowest BCUT2D eigenvalue weighted by Gasteiger charge is -2.23. The van der Waals surface area contributed by atoms with Crippen LogP contribution in [0.5, 0.6) is 0 Å². The Morgan fingerprint density at radius 1 is 1.29 bits per heavy atom. The molecule has 1 aromatic heterocycles. The second-order valence-corrected chi connectivity index (χ2v) is 7.30. The lowest BCUT2D eigenvalue weighted by atomic mass is 9.93. The minimum absolute atomic E-state index is 0.164. The van der Waals surface area contributed by atoms with Gasteiger partial charge in [-0.3, -0.25) is 4.79 Å². The molecule has 0 aliphatic heterocycles. The van der Waals surface area contributed by atoms with Gasteiger partial charge in [0, 0.05) is 22.3 Å². The van der Waals surface area contributed by atoms with Crippen LogP contribution in [-0.4, -0.2) is 19.1 Å². The van der Waals surface area contributed by atoms with Crippen LogP contribution in [0.25, 0.3) is 0 Å². The van der Waals surface area contributed by atoms with Crippen LogP contribution < -0.4 is 5.32 Å². The molecule has 1 N–H and O–H groups in total. The van der Waals surface area contributed by atoms with E-state index in [4.69, 9.17) is 4.74 Å². The number of hydrogen-bond donors (Lipinski definition) is 1. The van der Waals surface area contributed by atoms with Crippen molar-refractivity contribution in [1.82, 2.24) is 5.32 Å². The van der Waals surface area contributed by atoms with Crippen LogP contribution in [0.4, 0.5) is 0 Å². The van der Waals surface area contributed by atoms with Crippen molar-refractivity contribution < 1.29 is 9.53 Å². The standard InChI is InChI=1S/C17H27NO2S/c1-13(14-7-5-3-4-6-8-14)18-12-16-10-9-15(21-16)11-17(19)20-2/h9-10,13-14,18H,3-8,11-12H2,1-2H3/t13-/m0/s1. The van der Waals surface area contributed by atoms with Crippen LogP contribution in [0.1, 0.15) is 55.2 Å². The first-order valence-electron chi connectivity index (χ1n) is 8.07. The molecule has 0 unspecified atom stereocenters. The predicted octanol–water partition coefficient (Wildman–Crippen LogP) is 3.91. The molecule has 118 valence electrons. The van der Waals surface area contributed by atoms with Gasteiger partial charge in [0.25, 0.3) is 0 Å². The molecular weight excluding hydrogens is 282 g/mol. The molecule has 21 heavy (non-hydrogen) atoms. The van der Waals surface area contributed by atoms with Crippen molar-refractivity contribution in [2.45, 2.75) is 64.5 Å². The quantitative estimate of drug-likeness (QED) is 0.639. The van der Waals surface area contributed by atoms with Crippen molar-refractivity contribution in [3.8, 4) is 0 Å². The molecule has 1 atom stereocenters. The first-order chi connectivity index (χ1) is 10.2. The van der Waals surface area contributed by atoms with E-state index in [9.17, 15) is 4.79 Å². The van der Waals surface area contributed by atoms with Gasteiger partial charge in [-0.15, -0.1) is 11.3 Å². The Labute approximate surface area is 132 Å². The molecule has 0 bridgehead atoms. The SMILES string of the molecule is COC(=O)Cc1ccc(CN[C@@H](C)C2CCCCCC2)s1. The van der Waals surface area contributed by atoms with Gasteiger partial charge in [0.15, 0.2) is 0 Å². The summed E-state index contributed by atoms with van der Waals surface area (Å²) in [5.41, 5.74) is 0. The zero-order chi connectivity index (χ0) is 15.1. The first-order valence-corrected chi connectivity index (χ1v) is 8.88. The van der Waals surface area contributed by atoms with Gasteiger partial charge in [0.05, 0.1) is 13.5 Å². The number of thiophene rings is 1. The zero-order valence-corrected chi connectivity index (χ0v) is 14.0. The molecule has 1 heterocycles. The minimum Gasteiger partial charge on any atom is -0.469 e. The van der Waals surface area contributed by atoms with Crippen LogP contribution in [0.3, 0.4) is 0 Å². The maximum absolute atomic E-state index is 11.3. The molecule has 4 heteroatoms.